The van der Waals surface area contributed by atoms with Crippen LogP contribution in [0, 0.1) is 31.6 Å². The highest BCUT2D eigenvalue weighted by Crippen LogP contribution is 2.28. The first-order chi connectivity index (χ1) is 14.9. The van der Waals surface area contributed by atoms with E-state index in [4.69, 9.17) is 0 Å². The van der Waals surface area contributed by atoms with E-state index in [-0.39, 0.29) is 11.8 Å². The maximum atomic E-state index is 13.1. The molecule has 0 unspecified atom stereocenters. The van der Waals surface area contributed by atoms with Crippen LogP contribution in [0.1, 0.15) is 56.2 Å². The molecular weight excluding hydrogens is 386 g/mol. The first-order valence-electron chi connectivity index (χ1n) is 11.0. The minimum atomic E-state index is -0.484. The number of benzene rings is 1. The smallest absolute Gasteiger partial charge is 0.225 e. The lowest BCUT2D eigenvalue weighted by atomic mass is 9.81. The predicted octanol–water partition coefficient (Wildman–Crippen LogP) is 3.95. The van der Waals surface area contributed by atoms with E-state index in [1.807, 2.05) is 51.2 Å². The summed E-state index contributed by atoms with van der Waals surface area (Å²) in [5.74, 6) is 8.07. The third-order valence-corrected chi connectivity index (χ3v) is 5.96. The third kappa shape index (κ3) is 4.93. The van der Waals surface area contributed by atoms with Gasteiger partial charge in [0.25, 0.3) is 0 Å². The molecule has 0 spiro atoms. The van der Waals surface area contributed by atoms with Crippen molar-refractivity contribution in [2.24, 2.45) is 5.92 Å². The fourth-order valence-electron chi connectivity index (χ4n) is 4.20. The van der Waals surface area contributed by atoms with Gasteiger partial charge in [-0.2, -0.15) is 5.10 Å². The average Bonchev–Trinajstić information content (AvgIpc) is 3.09. The van der Waals surface area contributed by atoms with E-state index in [0.29, 0.717) is 6.54 Å². The molecule has 31 heavy (non-hydrogen) atoms. The van der Waals surface area contributed by atoms with Crippen LogP contribution in [-0.4, -0.2) is 31.2 Å². The molecule has 1 fully saturated rings. The third-order valence-electron chi connectivity index (χ3n) is 5.96. The maximum Gasteiger partial charge on any atom is 0.225 e. The summed E-state index contributed by atoms with van der Waals surface area (Å²) >= 11 is 0. The molecule has 1 saturated carbocycles. The summed E-state index contributed by atoms with van der Waals surface area (Å²) in [4.78, 5) is 21.9. The number of aromatic nitrogens is 4. The number of fused-ring (bicyclic) bond motifs is 1. The zero-order valence-electron chi connectivity index (χ0n) is 18.5. The van der Waals surface area contributed by atoms with Gasteiger partial charge in [0.05, 0.1) is 18.0 Å². The van der Waals surface area contributed by atoms with Crippen LogP contribution in [0.5, 0.6) is 0 Å². The first-order valence-corrected chi connectivity index (χ1v) is 11.0. The number of amides is 1. The van der Waals surface area contributed by atoms with Gasteiger partial charge in [-0.15, -0.1) is 0 Å². The molecule has 4 rings (SSSR count). The average molecular weight is 416 g/mol. The summed E-state index contributed by atoms with van der Waals surface area (Å²) in [6, 6.07) is 10.1. The van der Waals surface area contributed by atoms with E-state index in [0.717, 1.165) is 53.8 Å². The zero-order chi connectivity index (χ0) is 21.8. The summed E-state index contributed by atoms with van der Waals surface area (Å²) < 4.78 is 1.81. The SMILES string of the molecule is Cc1nc(C)n(C[C@H](C)C(=O)NC2(C#Cc3cnc4ccccc4c3)CCCCC2)n1. The zero-order valence-corrected chi connectivity index (χ0v) is 18.5. The quantitative estimate of drug-likeness (QED) is 0.655. The minimum Gasteiger partial charge on any atom is -0.339 e. The fourth-order valence-corrected chi connectivity index (χ4v) is 4.20. The van der Waals surface area contributed by atoms with Gasteiger partial charge in [0.2, 0.25) is 5.91 Å². The van der Waals surface area contributed by atoms with Crippen LogP contribution in [0.4, 0.5) is 0 Å². The number of nitrogens with zero attached hydrogens (tertiary/aromatic N) is 4. The normalized spacial score (nSPS) is 16.4. The molecule has 3 aromatic rings. The van der Waals surface area contributed by atoms with Gasteiger partial charge >= 0.3 is 0 Å². The van der Waals surface area contributed by atoms with Gasteiger partial charge in [-0.1, -0.05) is 56.2 Å². The van der Waals surface area contributed by atoms with Crippen molar-refractivity contribution in [3.05, 3.63) is 53.7 Å². The van der Waals surface area contributed by atoms with Crippen LogP contribution in [-0.2, 0) is 11.3 Å². The van der Waals surface area contributed by atoms with Gasteiger partial charge in [-0.25, -0.2) is 9.67 Å². The molecule has 0 bridgehead atoms. The van der Waals surface area contributed by atoms with Crippen molar-refractivity contribution in [2.75, 3.05) is 0 Å². The maximum absolute atomic E-state index is 13.1. The number of carbonyl (C=O) groups is 1. The van der Waals surface area contributed by atoms with Crippen molar-refractivity contribution < 1.29 is 4.79 Å². The van der Waals surface area contributed by atoms with Crippen LogP contribution < -0.4 is 5.32 Å². The standard InChI is InChI=1S/C25H29N5O/c1-18(17-30-20(3)27-19(2)29-30)24(31)28-25(12-7-4-8-13-25)14-11-21-15-22-9-5-6-10-23(22)26-16-21/h5-6,9-10,15-16,18H,4,7-8,12-13,17H2,1-3H3,(H,28,31)/t18-/m0/s1. The largest absolute Gasteiger partial charge is 0.339 e. The van der Waals surface area contributed by atoms with Gasteiger partial charge in [0.1, 0.15) is 17.2 Å². The molecule has 0 aliphatic heterocycles. The summed E-state index contributed by atoms with van der Waals surface area (Å²) in [7, 11) is 0. The highest BCUT2D eigenvalue weighted by Gasteiger charge is 2.33. The van der Waals surface area contributed by atoms with Gasteiger partial charge in [0, 0.05) is 17.1 Å². The van der Waals surface area contributed by atoms with E-state index in [9.17, 15) is 4.79 Å². The predicted molar refractivity (Wildman–Crippen MR) is 121 cm³/mol. The van der Waals surface area contributed by atoms with Crippen molar-refractivity contribution in [3.63, 3.8) is 0 Å². The van der Waals surface area contributed by atoms with Crippen molar-refractivity contribution in [2.45, 2.75) is 65.0 Å². The fraction of sp³-hybridized carbons (Fsp3) is 0.440. The molecule has 6 heteroatoms. The van der Waals surface area contributed by atoms with Crippen molar-refractivity contribution in [1.29, 1.82) is 0 Å². The summed E-state index contributed by atoms with van der Waals surface area (Å²) in [6.07, 6.45) is 6.89. The Hall–Kier alpha value is -3.20. The summed E-state index contributed by atoms with van der Waals surface area (Å²) in [5.41, 5.74) is 1.35. The van der Waals surface area contributed by atoms with Gasteiger partial charge in [-0.3, -0.25) is 9.78 Å². The molecule has 1 aliphatic carbocycles. The van der Waals surface area contributed by atoms with Crippen LogP contribution in [0.15, 0.2) is 36.5 Å². The van der Waals surface area contributed by atoms with Crippen molar-refractivity contribution in [1.82, 2.24) is 25.1 Å². The number of carbonyl (C=O) groups excluding carboxylic acids is 1. The second kappa shape index (κ2) is 8.89. The van der Waals surface area contributed by atoms with E-state index in [2.05, 4.69) is 38.3 Å². The lowest BCUT2D eigenvalue weighted by Crippen LogP contribution is -2.51. The molecule has 0 saturated heterocycles. The summed E-state index contributed by atoms with van der Waals surface area (Å²) in [5, 5.41) is 8.75. The van der Waals surface area contributed by atoms with Crippen molar-refractivity contribution in [3.8, 4) is 11.8 Å². The minimum absolute atomic E-state index is 0.0142. The van der Waals surface area contributed by atoms with Gasteiger partial charge < -0.3 is 5.32 Å². The molecular formula is C25H29N5O. The molecule has 6 nitrogen and oxygen atoms in total. The Bertz CT molecular complexity index is 1150. The van der Waals surface area contributed by atoms with E-state index in [1.54, 1.807) is 4.68 Å². The topological polar surface area (TPSA) is 72.7 Å². The van der Waals surface area contributed by atoms with E-state index < -0.39 is 5.54 Å². The Morgan fingerprint density at radius 2 is 2.00 bits per heavy atom. The molecule has 1 aromatic carbocycles. The van der Waals surface area contributed by atoms with E-state index >= 15 is 0 Å². The highest BCUT2D eigenvalue weighted by atomic mass is 16.2. The number of pyridine rings is 1. The molecule has 160 valence electrons. The van der Waals surface area contributed by atoms with Crippen LogP contribution in [0.25, 0.3) is 10.9 Å². The van der Waals surface area contributed by atoms with Gasteiger partial charge in [0.15, 0.2) is 0 Å². The molecule has 1 amide bonds. The second-order valence-corrected chi connectivity index (χ2v) is 8.59. The lowest BCUT2D eigenvalue weighted by molar-refractivity contribution is -0.126. The summed E-state index contributed by atoms with van der Waals surface area (Å²) in [6.45, 7) is 6.22. The Morgan fingerprint density at radius 3 is 2.74 bits per heavy atom. The first kappa shape index (κ1) is 21.0. The molecule has 1 N–H and O–H groups in total. The Morgan fingerprint density at radius 1 is 1.23 bits per heavy atom. The number of hydrogen-bond acceptors (Lipinski definition) is 4. The van der Waals surface area contributed by atoms with Crippen LogP contribution in [0.3, 0.4) is 0 Å². The molecule has 0 radical (unpaired) electrons. The Balaban J connectivity index is 1.53. The number of nitrogens with one attached hydrogen (secondary N) is 1. The Labute approximate surface area is 183 Å². The second-order valence-electron chi connectivity index (χ2n) is 8.59. The molecule has 1 atom stereocenters. The molecule has 2 heterocycles. The number of para-hydroxylation sites is 1. The monoisotopic (exact) mass is 415 g/mol. The van der Waals surface area contributed by atoms with Gasteiger partial charge in [-0.05, 0) is 38.8 Å². The molecule has 2 aromatic heterocycles. The van der Waals surface area contributed by atoms with Crippen LogP contribution in [0.2, 0.25) is 0 Å². The Kier molecular flexibility index (Phi) is 6.03. The van der Waals surface area contributed by atoms with Crippen molar-refractivity contribution >= 4 is 16.8 Å². The number of hydrogen-bond donors (Lipinski definition) is 1. The number of rotatable bonds is 4. The number of aryl methyl sites for hydroxylation is 2. The lowest BCUT2D eigenvalue weighted by Gasteiger charge is -2.34. The highest BCUT2D eigenvalue weighted by molar-refractivity contribution is 5.80. The van der Waals surface area contributed by atoms with Crippen LogP contribution >= 0.6 is 0 Å². The molecule has 1 aliphatic rings. The van der Waals surface area contributed by atoms with E-state index in [1.165, 1.54) is 6.42 Å².